The quantitative estimate of drug-likeness (QED) is 0.174. The molecule has 210 valence electrons. The van der Waals surface area contributed by atoms with Crippen LogP contribution in [0.15, 0.2) is 121 Å². The van der Waals surface area contributed by atoms with Crippen molar-refractivity contribution in [3.05, 3.63) is 150 Å². The number of benzene rings is 4. The van der Waals surface area contributed by atoms with E-state index in [4.69, 9.17) is 0 Å². The average Bonchev–Trinajstić information content (AvgIpc) is 3.81. The van der Waals surface area contributed by atoms with Gasteiger partial charge in [-0.25, -0.2) is 12.2 Å². The maximum absolute atomic E-state index is 2.99. The normalized spacial score (nSPS) is 14.6. The SMILES string of the molecule is CC(C)(c1ccccc1)c1ccc2[cH-]c3ccc(C(C)(C)c4ccccc4)cc3c2c1.[C-]1=CC=CC1.[Zr+2]=[C]1CCCC1. The summed E-state index contributed by atoms with van der Waals surface area (Å²) in [6.07, 6.45) is 15.8. The predicted octanol–water partition coefficient (Wildman–Crippen LogP) is 10.9. The molecule has 2 aliphatic carbocycles. The molecule has 0 aromatic heterocycles. The van der Waals surface area contributed by atoms with Crippen molar-refractivity contribution in [2.75, 3.05) is 0 Å². The van der Waals surface area contributed by atoms with Crippen LogP contribution < -0.4 is 0 Å². The molecule has 2 aliphatic rings. The molecule has 0 atom stereocenters. The molecule has 5 aromatic rings. The second kappa shape index (κ2) is 13.5. The summed E-state index contributed by atoms with van der Waals surface area (Å²) in [5, 5.41) is 5.33. The van der Waals surface area contributed by atoms with Crippen molar-refractivity contribution >= 4 is 24.8 Å². The Morgan fingerprint density at radius 1 is 0.619 bits per heavy atom. The molecule has 0 amide bonds. The Morgan fingerprint density at radius 2 is 1.10 bits per heavy atom. The Hall–Kier alpha value is -3.02. The minimum absolute atomic E-state index is 0.0417. The van der Waals surface area contributed by atoms with Crippen molar-refractivity contribution in [2.45, 2.75) is 70.6 Å². The van der Waals surface area contributed by atoms with Crippen LogP contribution in [0.1, 0.15) is 82.1 Å². The predicted molar refractivity (Wildman–Crippen MR) is 179 cm³/mol. The summed E-state index contributed by atoms with van der Waals surface area (Å²) in [6, 6.07) is 37.9. The van der Waals surface area contributed by atoms with Gasteiger partial charge >= 0.3 is 53.1 Å². The van der Waals surface area contributed by atoms with Crippen molar-refractivity contribution < 1.29 is 24.2 Å². The third-order valence-electron chi connectivity index (χ3n) is 8.94. The van der Waals surface area contributed by atoms with Gasteiger partial charge in [0.2, 0.25) is 0 Å². The molecule has 0 spiro atoms. The maximum atomic E-state index is 2.99. The molecule has 5 aromatic carbocycles. The molecule has 1 saturated carbocycles. The van der Waals surface area contributed by atoms with Crippen LogP contribution in [-0.4, -0.2) is 3.21 Å². The zero-order valence-corrected chi connectivity index (χ0v) is 28.0. The van der Waals surface area contributed by atoms with Crippen molar-refractivity contribution in [2.24, 2.45) is 0 Å². The van der Waals surface area contributed by atoms with E-state index in [9.17, 15) is 0 Å². The fourth-order valence-electron chi connectivity index (χ4n) is 5.96. The first-order chi connectivity index (χ1) is 20.3. The van der Waals surface area contributed by atoms with E-state index in [1.165, 1.54) is 69.5 Å². The molecule has 0 radical (unpaired) electrons. The van der Waals surface area contributed by atoms with E-state index in [1.807, 2.05) is 12.2 Å². The van der Waals surface area contributed by atoms with Gasteiger partial charge in [0.25, 0.3) is 0 Å². The van der Waals surface area contributed by atoms with Crippen LogP contribution in [0.4, 0.5) is 0 Å². The van der Waals surface area contributed by atoms with Crippen LogP contribution in [0.25, 0.3) is 21.5 Å². The molecule has 0 saturated heterocycles. The number of hydrogen-bond acceptors (Lipinski definition) is 0. The van der Waals surface area contributed by atoms with Crippen LogP contribution in [0.3, 0.4) is 0 Å². The first-order valence-electron chi connectivity index (χ1n) is 15.3. The van der Waals surface area contributed by atoms with E-state index < -0.39 is 0 Å². The Labute approximate surface area is 267 Å². The van der Waals surface area contributed by atoms with E-state index in [-0.39, 0.29) is 10.8 Å². The van der Waals surface area contributed by atoms with Gasteiger partial charge in [-0.15, -0.1) is 46.2 Å². The van der Waals surface area contributed by atoms with Crippen molar-refractivity contribution in [3.8, 4) is 0 Å². The van der Waals surface area contributed by atoms with Gasteiger partial charge in [-0.3, -0.25) is 6.08 Å². The summed E-state index contributed by atoms with van der Waals surface area (Å²) in [6.45, 7) is 9.27. The van der Waals surface area contributed by atoms with Crippen LogP contribution in [0.5, 0.6) is 0 Å². The van der Waals surface area contributed by atoms with E-state index in [1.54, 1.807) is 27.4 Å². The Kier molecular flexibility index (Phi) is 9.80. The Balaban J connectivity index is 0.000000267. The van der Waals surface area contributed by atoms with E-state index >= 15 is 0 Å². The van der Waals surface area contributed by atoms with Crippen molar-refractivity contribution in [3.63, 3.8) is 0 Å². The van der Waals surface area contributed by atoms with Gasteiger partial charge in [0.15, 0.2) is 0 Å². The number of fused-ring (bicyclic) bond motifs is 3. The van der Waals surface area contributed by atoms with Gasteiger partial charge in [-0.1, -0.05) is 124 Å². The van der Waals surface area contributed by atoms with Crippen molar-refractivity contribution in [1.29, 1.82) is 0 Å². The van der Waals surface area contributed by atoms with Gasteiger partial charge in [-0.05, 0) is 11.1 Å². The Bertz CT molecular complexity index is 1570. The molecule has 1 fully saturated rings. The molecule has 0 N–H and O–H groups in total. The molecule has 0 bridgehead atoms. The van der Waals surface area contributed by atoms with Crippen LogP contribution in [-0.2, 0) is 35.1 Å². The van der Waals surface area contributed by atoms with Gasteiger partial charge in [0.1, 0.15) is 0 Å². The summed E-state index contributed by atoms with van der Waals surface area (Å²) in [5.41, 5.74) is 5.31. The molecule has 0 aliphatic heterocycles. The molecule has 42 heavy (non-hydrogen) atoms. The monoisotopic (exact) mass is 624 g/mol. The van der Waals surface area contributed by atoms with Crippen LogP contribution in [0.2, 0.25) is 0 Å². The molecule has 7 rings (SSSR count). The second-order valence-electron chi connectivity index (χ2n) is 12.5. The van der Waals surface area contributed by atoms with Crippen molar-refractivity contribution in [1.82, 2.24) is 0 Å². The first kappa shape index (κ1) is 30.4. The summed E-state index contributed by atoms with van der Waals surface area (Å²) in [5.74, 6) is 0. The zero-order valence-electron chi connectivity index (χ0n) is 25.6. The summed E-state index contributed by atoms with van der Waals surface area (Å²) in [7, 11) is 0. The van der Waals surface area contributed by atoms with Gasteiger partial charge in [0, 0.05) is 10.8 Å². The molecular weight excluding hydrogens is 584 g/mol. The number of hydrogen-bond donors (Lipinski definition) is 0. The van der Waals surface area contributed by atoms with Crippen LogP contribution >= 0.6 is 0 Å². The average molecular weight is 626 g/mol. The summed E-state index contributed by atoms with van der Waals surface area (Å²) >= 11 is 1.68. The molecule has 0 heterocycles. The van der Waals surface area contributed by atoms with E-state index in [0.717, 1.165) is 6.42 Å². The van der Waals surface area contributed by atoms with E-state index in [0.29, 0.717) is 0 Å². The number of rotatable bonds is 4. The fourth-order valence-corrected chi connectivity index (χ4v) is 6.83. The van der Waals surface area contributed by atoms with E-state index in [2.05, 4.69) is 143 Å². The Morgan fingerprint density at radius 3 is 1.43 bits per heavy atom. The summed E-state index contributed by atoms with van der Waals surface area (Å²) in [4.78, 5) is 0. The molecule has 0 nitrogen and oxygen atoms in total. The first-order valence-corrected chi connectivity index (χ1v) is 16.5. The van der Waals surface area contributed by atoms with Gasteiger partial charge in [0.05, 0.1) is 0 Å². The molecule has 1 heteroatoms. The standard InChI is InChI=1S/C31H29.C5H8.C5H5.Zr/c1-30(2,24-11-7-5-8-12-24)26-17-15-22-19-23-16-18-27(21-29(23)28(22)20-26)31(3,4)25-13-9-6-10-14-25;2*1-2-4-5-3-1;/h5-21H,1-4H3;1-4H2;1-3H,4H2;/q-1;;-1;+2. The minimum atomic E-state index is -0.0417. The molecular formula is C41H42Zr. The zero-order chi connectivity index (χ0) is 29.6. The van der Waals surface area contributed by atoms with Crippen LogP contribution in [0, 0.1) is 6.08 Å². The molecule has 0 unspecified atom stereocenters. The second-order valence-corrected chi connectivity index (χ2v) is 14.3. The topological polar surface area (TPSA) is 0 Å². The fraction of sp³-hybridized carbons (Fsp3) is 0.268. The third-order valence-corrected chi connectivity index (χ3v) is 10.2. The van der Waals surface area contributed by atoms with Gasteiger partial charge in [-0.2, -0.15) is 6.08 Å². The number of allylic oxidation sites excluding steroid dienone is 4. The summed E-state index contributed by atoms with van der Waals surface area (Å²) < 4.78 is 1.79. The third kappa shape index (κ3) is 6.95. The van der Waals surface area contributed by atoms with Gasteiger partial charge < -0.3 is 0 Å².